The normalized spacial score (nSPS) is 17.8. The molecule has 1 amide bonds. The zero-order valence-electron chi connectivity index (χ0n) is 13.8. The van der Waals surface area contributed by atoms with Crippen LogP contribution in [0.15, 0.2) is 48.8 Å². The van der Waals surface area contributed by atoms with Crippen molar-refractivity contribution in [3.8, 4) is 0 Å². The quantitative estimate of drug-likeness (QED) is 0.737. The molecule has 1 atom stereocenters. The Morgan fingerprint density at radius 2 is 2.08 bits per heavy atom. The number of likely N-dealkylation sites (tertiary alicyclic amines) is 1. The number of imidazole rings is 1. The van der Waals surface area contributed by atoms with E-state index in [2.05, 4.69) is 20.3 Å². The largest absolute Gasteiger partial charge is 0.366 e. The van der Waals surface area contributed by atoms with Crippen LogP contribution in [0.5, 0.6) is 0 Å². The molecule has 4 rings (SSSR count). The van der Waals surface area contributed by atoms with Gasteiger partial charge in [-0.2, -0.15) is 0 Å². The summed E-state index contributed by atoms with van der Waals surface area (Å²) in [6.45, 7) is 2.86. The maximum Gasteiger partial charge on any atom is 0.248 e. The predicted octanol–water partition coefficient (Wildman–Crippen LogP) is 1.51. The van der Waals surface area contributed by atoms with E-state index >= 15 is 0 Å². The van der Waals surface area contributed by atoms with E-state index < -0.39 is 0 Å². The van der Waals surface area contributed by atoms with Crippen molar-refractivity contribution in [2.75, 3.05) is 18.4 Å². The average molecular weight is 336 g/mol. The number of primary amides is 1. The highest BCUT2D eigenvalue weighted by molar-refractivity contribution is 5.92. The molecule has 0 aliphatic carbocycles. The van der Waals surface area contributed by atoms with E-state index in [4.69, 9.17) is 5.73 Å². The van der Waals surface area contributed by atoms with Crippen LogP contribution in [-0.2, 0) is 6.54 Å². The number of fused-ring (bicyclic) bond motifs is 1. The van der Waals surface area contributed by atoms with E-state index in [0.29, 0.717) is 11.6 Å². The van der Waals surface area contributed by atoms with E-state index in [9.17, 15) is 4.79 Å². The van der Waals surface area contributed by atoms with Gasteiger partial charge >= 0.3 is 0 Å². The second kappa shape index (κ2) is 6.52. The van der Waals surface area contributed by atoms with Crippen LogP contribution in [0.3, 0.4) is 0 Å². The van der Waals surface area contributed by atoms with Gasteiger partial charge in [-0.15, -0.1) is 5.10 Å². The van der Waals surface area contributed by atoms with Crippen LogP contribution in [-0.4, -0.2) is 44.5 Å². The second-order valence-electron chi connectivity index (χ2n) is 6.37. The number of aromatic nitrogens is 3. The zero-order chi connectivity index (χ0) is 17.2. The lowest BCUT2D eigenvalue weighted by Crippen LogP contribution is -2.26. The zero-order valence-corrected chi connectivity index (χ0v) is 13.8. The summed E-state index contributed by atoms with van der Waals surface area (Å²) in [5.74, 6) is 0.475. The van der Waals surface area contributed by atoms with Gasteiger partial charge in [0.1, 0.15) is 5.82 Å². The molecule has 0 radical (unpaired) electrons. The third-order valence-corrected chi connectivity index (χ3v) is 4.52. The molecular weight excluding hydrogens is 316 g/mol. The summed E-state index contributed by atoms with van der Waals surface area (Å²) in [6.07, 6.45) is 4.66. The van der Waals surface area contributed by atoms with Gasteiger partial charge in [0.25, 0.3) is 0 Å². The molecule has 128 valence electrons. The van der Waals surface area contributed by atoms with Crippen molar-refractivity contribution in [2.24, 2.45) is 5.73 Å². The molecule has 1 fully saturated rings. The lowest BCUT2D eigenvalue weighted by atomic mass is 10.1. The Morgan fingerprint density at radius 3 is 2.88 bits per heavy atom. The van der Waals surface area contributed by atoms with Crippen LogP contribution in [0.4, 0.5) is 5.82 Å². The molecule has 3 aromatic rings. The minimum absolute atomic E-state index is 0.373. The summed E-state index contributed by atoms with van der Waals surface area (Å²) in [5, 5.41) is 8.01. The van der Waals surface area contributed by atoms with Gasteiger partial charge in [0, 0.05) is 43.6 Å². The van der Waals surface area contributed by atoms with Crippen LogP contribution in [0.25, 0.3) is 5.65 Å². The highest BCUT2D eigenvalue weighted by Gasteiger charge is 2.22. The van der Waals surface area contributed by atoms with Crippen molar-refractivity contribution in [1.82, 2.24) is 19.5 Å². The number of benzene rings is 1. The number of hydrogen-bond acceptors (Lipinski definition) is 5. The number of carbonyl (C=O) groups is 1. The maximum absolute atomic E-state index is 11.1. The molecule has 25 heavy (non-hydrogen) atoms. The summed E-state index contributed by atoms with van der Waals surface area (Å²) in [5.41, 5.74) is 7.85. The third-order valence-electron chi connectivity index (χ3n) is 4.52. The number of carbonyl (C=O) groups excluding carboxylic acids is 1. The minimum Gasteiger partial charge on any atom is -0.366 e. The maximum atomic E-state index is 11.1. The Bertz CT molecular complexity index is 888. The van der Waals surface area contributed by atoms with Gasteiger partial charge in [-0.3, -0.25) is 9.69 Å². The lowest BCUT2D eigenvalue weighted by Gasteiger charge is -2.17. The monoisotopic (exact) mass is 336 g/mol. The van der Waals surface area contributed by atoms with E-state index in [1.807, 2.05) is 30.5 Å². The molecule has 0 saturated carbocycles. The molecule has 1 unspecified atom stereocenters. The van der Waals surface area contributed by atoms with E-state index in [1.54, 1.807) is 22.8 Å². The van der Waals surface area contributed by atoms with Crippen LogP contribution in [0.1, 0.15) is 22.3 Å². The van der Waals surface area contributed by atoms with E-state index in [-0.39, 0.29) is 5.91 Å². The van der Waals surface area contributed by atoms with Crippen LogP contribution in [0.2, 0.25) is 0 Å². The van der Waals surface area contributed by atoms with Gasteiger partial charge < -0.3 is 11.1 Å². The molecule has 0 spiro atoms. The second-order valence-corrected chi connectivity index (χ2v) is 6.37. The van der Waals surface area contributed by atoms with Gasteiger partial charge in [0.05, 0.1) is 0 Å². The fraction of sp³-hybridized carbons (Fsp3) is 0.278. The first kappa shape index (κ1) is 15.6. The molecule has 7 nitrogen and oxygen atoms in total. The fourth-order valence-corrected chi connectivity index (χ4v) is 3.23. The molecule has 1 aromatic carbocycles. The number of nitrogens with two attached hydrogens (primary N) is 1. The Balaban J connectivity index is 1.35. The fourth-order valence-electron chi connectivity index (χ4n) is 3.23. The topological polar surface area (TPSA) is 88.5 Å². The standard InChI is InChI=1S/C18H20N6O/c19-18(25)14-3-1-13(2-4-14)11-23-9-7-15(12-23)21-16-5-6-17-20-8-10-24(17)22-16/h1-6,8,10,15H,7,9,11-12H2,(H2,19,25)(H,21,22). The Kier molecular flexibility index (Phi) is 4.07. The Labute approximate surface area is 145 Å². The van der Waals surface area contributed by atoms with Gasteiger partial charge in [-0.1, -0.05) is 12.1 Å². The molecule has 1 aliphatic heterocycles. The summed E-state index contributed by atoms with van der Waals surface area (Å²) in [7, 11) is 0. The van der Waals surface area contributed by atoms with Crippen LogP contribution >= 0.6 is 0 Å². The lowest BCUT2D eigenvalue weighted by molar-refractivity contribution is 0.100. The highest BCUT2D eigenvalue weighted by atomic mass is 16.1. The number of nitrogens with zero attached hydrogens (tertiary/aromatic N) is 4. The third kappa shape index (κ3) is 3.46. The highest BCUT2D eigenvalue weighted by Crippen LogP contribution is 2.17. The molecule has 0 bridgehead atoms. The summed E-state index contributed by atoms with van der Waals surface area (Å²) in [6, 6.07) is 11.8. The summed E-state index contributed by atoms with van der Waals surface area (Å²) >= 11 is 0. The minimum atomic E-state index is -0.389. The first-order valence-corrected chi connectivity index (χ1v) is 8.35. The number of hydrogen-bond donors (Lipinski definition) is 2. The van der Waals surface area contributed by atoms with Crippen LogP contribution < -0.4 is 11.1 Å². The summed E-state index contributed by atoms with van der Waals surface area (Å²) < 4.78 is 1.77. The SMILES string of the molecule is NC(=O)c1ccc(CN2CCC(Nc3ccc4nccn4n3)C2)cc1. The predicted molar refractivity (Wildman–Crippen MR) is 95.3 cm³/mol. The number of nitrogens with one attached hydrogen (secondary N) is 1. The van der Waals surface area contributed by atoms with Gasteiger partial charge in [-0.25, -0.2) is 9.50 Å². The molecule has 3 heterocycles. The number of rotatable bonds is 5. The Morgan fingerprint density at radius 1 is 1.24 bits per heavy atom. The van der Waals surface area contributed by atoms with Crippen molar-refractivity contribution in [3.05, 3.63) is 59.9 Å². The number of anilines is 1. The molecular formula is C18H20N6O. The smallest absolute Gasteiger partial charge is 0.248 e. The summed E-state index contributed by atoms with van der Waals surface area (Å²) in [4.78, 5) is 17.7. The van der Waals surface area contributed by atoms with Crippen molar-refractivity contribution in [1.29, 1.82) is 0 Å². The number of amides is 1. The molecule has 1 aliphatic rings. The van der Waals surface area contributed by atoms with Crippen molar-refractivity contribution >= 4 is 17.4 Å². The Hall–Kier alpha value is -2.93. The van der Waals surface area contributed by atoms with Gasteiger partial charge in [0.2, 0.25) is 5.91 Å². The van der Waals surface area contributed by atoms with Crippen molar-refractivity contribution in [2.45, 2.75) is 19.0 Å². The van der Waals surface area contributed by atoms with Crippen LogP contribution in [0, 0.1) is 0 Å². The van der Waals surface area contributed by atoms with Crippen molar-refractivity contribution in [3.63, 3.8) is 0 Å². The van der Waals surface area contributed by atoms with E-state index in [0.717, 1.165) is 37.5 Å². The van der Waals surface area contributed by atoms with Gasteiger partial charge in [0.15, 0.2) is 5.65 Å². The molecule has 1 saturated heterocycles. The van der Waals surface area contributed by atoms with E-state index in [1.165, 1.54) is 5.56 Å². The molecule has 2 aromatic heterocycles. The molecule has 7 heteroatoms. The first-order chi connectivity index (χ1) is 12.2. The van der Waals surface area contributed by atoms with Gasteiger partial charge in [-0.05, 0) is 36.2 Å². The van der Waals surface area contributed by atoms with Crippen molar-refractivity contribution < 1.29 is 4.79 Å². The first-order valence-electron chi connectivity index (χ1n) is 8.35. The average Bonchev–Trinajstić information content (AvgIpc) is 3.24. The molecule has 3 N–H and O–H groups in total.